The van der Waals surface area contributed by atoms with Gasteiger partial charge in [0.2, 0.25) is 0 Å². The van der Waals surface area contributed by atoms with Gasteiger partial charge in [-0.2, -0.15) is 0 Å². The molecule has 0 aromatic rings. The van der Waals surface area contributed by atoms with Gasteiger partial charge in [-0.05, 0) is 0 Å². The second-order valence-electron chi connectivity index (χ2n) is 2.43. The Morgan fingerprint density at radius 3 is 2.64 bits per heavy atom. The van der Waals surface area contributed by atoms with Gasteiger partial charge in [0, 0.05) is 0 Å². The van der Waals surface area contributed by atoms with Gasteiger partial charge >= 0.3 is 80.9 Å². The average Bonchev–Trinajstić information content (AvgIpc) is 2.01. The predicted octanol–water partition coefficient (Wildman–Crippen LogP) is 2.55. The molecule has 0 heterocycles. The van der Waals surface area contributed by atoms with Crippen LogP contribution in [0, 0.1) is 0 Å². The number of hydrogen-bond acceptors (Lipinski definition) is 2. The van der Waals surface area contributed by atoms with E-state index in [2.05, 4.69) is 13.8 Å². The van der Waals surface area contributed by atoms with Crippen LogP contribution in [-0.2, 0) is 31.3 Å². The van der Waals surface area contributed by atoms with Crippen molar-refractivity contribution in [1.82, 2.24) is 0 Å². The number of unbranched alkanes of at least 4 members (excludes halogenated alkanes) is 2. The van der Waals surface area contributed by atoms with E-state index in [-0.39, 0.29) is 5.97 Å². The van der Waals surface area contributed by atoms with Crippen molar-refractivity contribution in [3.63, 3.8) is 0 Å². The van der Waals surface area contributed by atoms with Gasteiger partial charge < -0.3 is 0 Å². The van der Waals surface area contributed by atoms with E-state index in [1.54, 1.807) is 0 Å². The van der Waals surface area contributed by atoms with Gasteiger partial charge in [0.05, 0.1) is 0 Å². The zero-order valence-electron chi connectivity index (χ0n) is 7.35. The normalized spacial score (nSPS) is 9.27. The Kier molecular flexibility index (Phi) is 8.72. The molecule has 0 spiro atoms. The Bertz CT molecular complexity index is 104. The van der Waals surface area contributed by atoms with Crippen molar-refractivity contribution >= 4 is 5.97 Å². The summed E-state index contributed by atoms with van der Waals surface area (Å²) < 4.78 is 6.15. The molecule has 2 nitrogen and oxygen atoms in total. The Balaban J connectivity index is 3.09. The van der Waals surface area contributed by atoms with Crippen molar-refractivity contribution in [3.05, 3.63) is 0 Å². The van der Waals surface area contributed by atoms with E-state index >= 15 is 0 Å². The SMILES string of the molecule is CCCCCC(=O)[O][Zr][CH2]C. The zero-order valence-corrected chi connectivity index (χ0v) is 9.81. The van der Waals surface area contributed by atoms with Gasteiger partial charge in [0.1, 0.15) is 0 Å². The molecule has 64 valence electrons. The molecule has 11 heavy (non-hydrogen) atoms. The van der Waals surface area contributed by atoms with Crippen molar-refractivity contribution in [1.29, 1.82) is 0 Å². The van der Waals surface area contributed by atoms with Gasteiger partial charge in [-0.3, -0.25) is 0 Å². The van der Waals surface area contributed by atoms with Crippen LogP contribution < -0.4 is 0 Å². The summed E-state index contributed by atoms with van der Waals surface area (Å²) in [6.07, 6.45) is 3.94. The van der Waals surface area contributed by atoms with E-state index < -0.39 is 23.7 Å². The fourth-order valence-electron chi connectivity index (χ4n) is 0.723. The molecule has 0 unspecified atom stereocenters. The quantitative estimate of drug-likeness (QED) is 0.661. The van der Waals surface area contributed by atoms with E-state index in [1.165, 1.54) is 6.42 Å². The minimum atomic E-state index is -0.752. The Hall–Kier alpha value is 0.353. The molecule has 0 saturated carbocycles. The van der Waals surface area contributed by atoms with Crippen LogP contribution in [0.3, 0.4) is 0 Å². The third-order valence-electron chi connectivity index (χ3n) is 1.31. The summed E-state index contributed by atoms with van der Waals surface area (Å²) in [6.45, 7) is 4.21. The molecular weight excluding hydrogens is 219 g/mol. The Morgan fingerprint density at radius 1 is 1.36 bits per heavy atom. The molecule has 0 radical (unpaired) electrons. The third kappa shape index (κ3) is 8.26. The van der Waals surface area contributed by atoms with Crippen molar-refractivity contribution in [2.24, 2.45) is 0 Å². The number of hydrogen-bond donors (Lipinski definition) is 0. The first-order chi connectivity index (χ1) is 5.31. The topological polar surface area (TPSA) is 26.3 Å². The first kappa shape index (κ1) is 11.4. The summed E-state index contributed by atoms with van der Waals surface area (Å²) in [4.78, 5) is 10.9. The standard InChI is InChI=1S/C6H12O2.C2H5.Zr/c1-2-3-4-5-6(7)8;1-2;/h2-5H2,1H3,(H,7,8);1H2,2H3;/q;;+1/p-1. The second-order valence-corrected chi connectivity index (χ2v) is 5.38. The van der Waals surface area contributed by atoms with E-state index in [0.717, 1.165) is 17.0 Å². The molecule has 0 bridgehead atoms. The molecule has 0 aromatic heterocycles. The van der Waals surface area contributed by atoms with Crippen molar-refractivity contribution in [2.45, 2.75) is 43.7 Å². The summed E-state index contributed by atoms with van der Waals surface area (Å²) in [5.41, 5.74) is 0. The Morgan fingerprint density at radius 2 is 2.09 bits per heavy atom. The van der Waals surface area contributed by atoms with Crippen LogP contribution >= 0.6 is 0 Å². The van der Waals surface area contributed by atoms with Crippen LogP contribution in [-0.4, -0.2) is 5.97 Å². The van der Waals surface area contributed by atoms with E-state index in [0.29, 0.717) is 6.42 Å². The van der Waals surface area contributed by atoms with E-state index in [4.69, 9.17) is 2.81 Å². The van der Waals surface area contributed by atoms with Crippen LogP contribution in [0.15, 0.2) is 0 Å². The molecule has 0 aromatic carbocycles. The van der Waals surface area contributed by atoms with Crippen LogP contribution in [0.2, 0.25) is 4.13 Å². The van der Waals surface area contributed by atoms with Crippen LogP contribution in [0.25, 0.3) is 0 Å². The van der Waals surface area contributed by atoms with E-state index in [9.17, 15) is 4.79 Å². The van der Waals surface area contributed by atoms with Gasteiger partial charge in [0.15, 0.2) is 0 Å². The van der Waals surface area contributed by atoms with Gasteiger partial charge in [0.25, 0.3) is 0 Å². The monoisotopic (exact) mass is 234 g/mol. The summed E-state index contributed by atoms with van der Waals surface area (Å²) in [5.74, 6) is 0.0342. The molecule has 0 aliphatic rings. The van der Waals surface area contributed by atoms with Crippen LogP contribution in [0.4, 0.5) is 0 Å². The maximum absolute atomic E-state index is 10.9. The first-order valence-electron chi connectivity index (χ1n) is 4.23. The van der Waals surface area contributed by atoms with Gasteiger partial charge in [-0.25, -0.2) is 0 Å². The maximum atomic E-state index is 10.9. The summed E-state index contributed by atoms with van der Waals surface area (Å²) in [6, 6.07) is 0. The van der Waals surface area contributed by atoms with Gasteiger partial charge in [-0.1, -0.05) is 0 Å². The van der Waals surface area contributed by atoms with Crippen molar-refractivity contribution < 1.29 is 31.3 Å². The molecule has 0 N–H and O–H groups in total. The zero-order chi connectivity index (χ0) is 8.53. The van der Waals surface area contributed by atoms with E-state index in [1.807, 2.05) is 0 Å². The van der Waals surface area contributed by atoms with Crippen LogP contribution in [0.5, 0.6) is 0 Å². The summed E-state index contributed by atoms with van der Waals surface area (Å²) >= 11 is -0.752. The molecule has 0 atom stereocenters. The molecule has 0 saturated heterocycles. The first-order valence-corrected chi connectivity index (χ1v) is 6.98. The third-order valence-corrected chi connectivity index (χ3v) is 2.94. The summed E-state index contributed by atoms with van der Waals surface area (Å²) in [7, 11) is 0. The molecule has 0 amide bonds. The van der Waals surface area contributed by atoms with Crippen molar-refractivity contribution in [2.75, 3.05) is 0 Å². The van der Waals surface area contributed by atoms with Gasteiger partial charge in [-0.15, -0.1) is 0 Å². The molecular formula is C8H16O2Zr. The molecule has 0 rings (SSSR count). The summed E-state index contributed by atoms with van der Waals surface area (Å²) in [5, 5.41) is 0. The second kappa shape index (κ2) is 8.45. The molecule has 0 aliphatic heterocycles. The fourth-order valence-corrected chi connectivity index (χ4v) is 1.72. The molecule has 0 aliphatic carbocycles. The van der Waals surface area contributed by atoms with Crippen molar-refractivity contribution in [3.8, 4) is 0 Å². The van der Waals surface area contributed by atoms with Crippen LogP contribution in [0.1, 0.15) is 39.5 Å². The molecule has 3 heteroatoms. The fraction of sp³-hybridized carbons (Fsp3) is 0.875. The molecule has 0 fully saturated rings. The minimum absolute atomic E-state index is 0.0342. The number of rotatable bonds is 6. The Labute approximate surface area is 80.9 Å². The number of carbonyl (C=O) groups is 1. The predicted molar refractivity (Wildman–Crippen MR) is 40.7 cm³/mol. The number of carbonyl (C=O) groups excluding carboxylic acids is 1. The average molecular weight is 235 g/mol.